The fourth-order valence-corrected chi connectivity index (χ4v) is 3.87. The number of hydrogen-bond donors (Lipinski definition) is 0. The Labute approximate surface area is 169 Å². The lowest BCUT2D eigenvalue weighted by molar-refractivity contribution is 0.0472. The standard InChI is InChI=1S/C20H23FN2O5S/c1-22(2)29(25,26)17-7-8-19(23-9-11-27-12-10-23)18(13-17)20(24)28-14-15-3-5-16(21)6-4-15/h3-8,13H,9-12,14H2,1-2H3. The smallest absolute Gasteiger partial charge is 0.340 e. The zero-order valence-corrected chi connectivity index (χ0v) is 17.1. The fraction of sp³-hybridized carbons (Fsp3) is 0.350. The number of rotatable bonds is 6. The molecule has 0 saturated carbocycles. The monoisotopic (exact) mass is 422 g/mol. The number of hydrogen-bond acceptors (Lipinski definition) is 6. The molecule has 1 aliphatic rings. The molecule has 9 heteroatoms. The minimum Gasteiger partial charge on any atom is -0.457 e. The molecule has 0 aromatic heterocycles. The van der Waals surface area contributed by atoms with Gasteiger partial charge in [0.05, 0.1) is 29.4 Å². The van der Waals surface area contributed by atoms with Crippen molar-refractivity contribution in [3.8, 4) is 0 Å². The van der Waals surface area contributed by atoms with Gasteiger partial charge in [-0.2, -0.15) is 0 Å². The Morgan fingerprint density at radius 2 is 1.79 bits per heavy atom. The van der Waals surface area contributed by atoms with E-state index in [4.69, 9.17) is 9.47 Å². The summed E-state index contributed by atoms with van der Waals surface area (Å²) in [5.74, 6) is -1.03. The molecular weight excluding hydrogens is 399 g/mol. The van der Waals surface area contributed by atoms with Crippen LogP contribution in [0, 0.1) is 5.82 Å². The summed E-state index contributed by atoms with van der Waals surface area (Å²) in [6, 6.07) is 10.1. The topological polar surface area (TPSA) is 76.2 Å². The van der Waals surface area contributed by atoms with Gasteiger partial charge in [0.25, 0.3) is 0 Å². The molecule has 2 aromatic rings. The summed E-state index contributed by atoms with van der Waals surface area (Å²) >= 11 is 0. The highest BCUT2D eigenvalue weighted by molar-refractivity contribution is 7.89. The number of ether oxygens (including phenoxy) is 2. The van der Waals surface area contributed by atoms with Crippen LogP contribution in [0.3, 0.4) is 0 Å². The van der Waals surface area contributed by atoms with E-state index in [2.05, 4.69) is 0 Å². The number of carbonyl (C=O) groups excluding carboxylic acids is 1. The molecule has 1 saturated heterocycles. The summed E-state index contributed by atoms with van der Waals surface area (Å²) in [6.07, 6.45) is 0. The van der Waals surface area contributed by atoms with Gasteiger partial charge in [-0.05, 0) is 35.9 Å². The Hall–Kier alpha value is -2.49. The predicted octanol–water partition coefficient (Wildman–Crippen LogP) is 2.27. The molecule has 0 spiro atoms. The molecule has 0 aliphatic carbocycles. The number of esters is 1. The van der Waals surface area contributed by atoms with Crippen molar-refractivity contribution in [2.75, 3.05) is 45.3 Å². The summed E-state index contributed by atoms with van der Waals surface area (Å²) in [6.45, 7) is 2.14. The maximum Gasteiger partial charge on any atom is 0.340 e. The molecule has 1 aliphatic heterocycles. The van der Waals surface area contributed by atoms with Gasteiger partial charge in [-0.15, -0.1) is 0 Å². The molecule has 0 radical (unpaired) electrons. The highest BCUT2D eigenvalue weighted by Crippen LogP contribution is 2.27. The van der Waals surface area contributed by atoms with Crippen molar-refractivity contribution in [1.29, 1.82) is 0 Å². The van der Waals surface area contributed by atoms with Gasteiger partial charge in [0.15, 0.2) is 0 Å². The number of sulfonamides is 1. The number of nitrogens with zero attached hydrogens (tertiary/aromatic N) is 2. The normalized spacial score (nSPS) is 14.8. The van der Waals surface area contributed by atoms with Crippen LogP contribution >= 0.6 is 0 Å². The Morgan fingerprint density at radius 1 is 1.14 bits per heavy atom. The second-order valence-corrected chi connectivity index (χ2v) is 8.92. The molecule has 0 atom stereocenters. The van der Waals surface area contributed by atoms with Crippen LogP contribution in [0.25, 0.3) is 0 Å². The molecule has 29 heavy (non-hydrogen) atoms. The molecule has 0 bridgehead atoms. The van der Waals surface area contributed by atoms with Crippen LogP contribution in [-0.4, -0.2) is 59.1 Å². The second-order valence-electron chi connectivity index (χ2n) is 6.77. The highest BCUT2D eigenvalue weighted by Gasteiger charge is 2.25. The predicted molar refractivity (Wildman–Crippen MR) is 106 cm³/mol. The second kappa shape index (κ2) is 8.89. The Balaban J connectivity index is 1.91. The SMILES string of the molecule is CN(C)S(=O)(=O)c1ccc(N2CCOCC2)c(C(=O)OCc2ccc(F)cc2)c1. The minimum atomic E-state index is -3.71. The van der Waals surface area contributed by atoms with Crippen LogP contribution in [0.1, 0.15) is 15.9 Å². The quantitative estimate of drug-likeness (QED) is 0.665. The number of benzene rings is 2. The van der Waals surface area contributed by atoms with Crippen LogP contribution < -0.4 is 4.90 Å². The zero-order chi connectivity index (χ0) is 21.0. The number of halogens is 1. The lowest BCUT2D eigenvalue weighted by atomic mass is 10.1. The van der Waals surface area contributed by atoms with Crippen molar-refractivity contribution in [3.63, 3.8) is 0 Å². The van der Waals surface area contributed by atoms with E-state index in [0.717, 1.165) is 4.31 Å². The lowest BCUT2D eigenvalue weighted by Gasteiger charge is -2.30. The summed E-state index contributed by atoms with van der Waals surface area (Å²) in [5.41, 5.74) is 1.39. The van der Waals surface area contributed by atoms with Gasteiger partial charge >= 0.3 is 5.97 Å². The van der Waals surface area contributed by atoms with Crippen LogP contribution in [0.2, 0.25) is 0 Å². The largest absolute Gasteiger partial charge is 0.457 e. The summed E-state index contributed by atoms with van der Waals surface area (Å²) in [5, 5.41) is 0. The average Bonchev–Trinajstić information content (AvgIpc) is 2.73. The molecule has 2 aromatic carbocycles. The van der Waals surface area contributed by atoms with Crippen LogP contribution in [0.5, 0.6) is 0 Å². The van der Waals surface area contributed by atoms with Crippen molar-refractivity contribution >= 4 is 21.7 Å². The van der Waals surface area contributed by atoms with Crippen molar-refractivity contribution in [2.45, 2.75) is 11.5 Å². The highest BCUT2D eigenvalue weighted by atomic mass is 32.2. The molecular formula is C20H23FN2O5S. The van der Waals surface area contributed by atoms with Gasteiger partial charge in [0.2, 0.25) is 10.0 Å². The summed E-state index contributed by atoms with van der Waals surface area (Å²) < 4.78 is 49.9. The average molecular weight is 422 g/mol. The van der Waals surface area contributed by atoms with E-state index in [-0.39, 0.29) is 22.9 Å². The summed E-state index contributed by atoms with van der Waals surface area (Å²) in [4.78, 5) is 14.8. The maximum atomic E-state index is 13.0. The first kappa shape index (κ1) is 21.2. The molecule has 0 unspecified atom stereocenters. The van der Waals surface area contributed by atoms with Gasteiger partial charge < -0.3 is 14.4 Å². The van der Waals surface area contributed by atoms with Gasteiger partial charge in [-0.3, -0.25) is 0 Å². The number of morpholine rings is 1. The molecule has 156 valence electrons. The Morgan fingerprint density at radius 3 is 2.41 bits per heavy atom. The van der Waals surface area contributed by atoms with Gasteiger partial charge in [-0.25, -0.2) is 21.9 Å². The lowest BCUT2D eigenvalue weighted by Crippen LogP contribution is -2.37. The van der Waals surface area contributed by atoms with Gasteiger partial charge in [-0.1, -0.05) is 12.1 Å². The third kappa shape index (κ3) is 4.92. The first-order valence-corrected chi connectivity index (χ1v) is 10.5. The van der Waals surface area contributed by atoms with Gasteiger partial charge in [0.1, 0.15) is 12.4 Å². The van der Waals surface area contributed by atoms with E-state index in [1.807, 2.05) is 4.90 Å². The number of carbonyl (C=O) groups is 1. The molecule has 0 N–H and O–H groups in total. The van der Waals surface area contributed by atoms with E-state index in [0.29, 0.717) is 37.6 Å². The van der Waals surface area contributed by atoms with E-state index >= 15 is 0 Å². The molecule has 0 amide bonds. The fourth-order valence-electron chi connectivity index (χ4n) is 2.94. The third-order valence-electron chi connectivity index (χ3n) is 4.60. The van der Waals surface area contributed by atoms with E-state index in [1.165, 1.54) is 50.5 Å². The van der Waals surface area contributed by atoms with Crippen molar-refractivity contribution < 1.29 is 27.1 Å². The maximum absolute atomic E-state index is 13.0. The first-order valence-electron chi connectivity index (χ1n) is 9.10. The van der Waals surface area contributed by atoms with Crippen LogP contribution in [0.4, 0.5) is 10.1 Å². The first-order chi connectivity index (χ1) is 13.8. The minimum absolute atomic E-state index is 0.00763. The number of anilines is 1. The summed E-state index contributed by atoms with van der Waals surface area (Å²) in [7, 11) is -0.855. The van der Waals surface area contributed by atoms with Crippen molar-refractivity contribution in [3.05, 3.63) is 59.4 Å². The van der Waals surface area contributed by atoms with E-state index in [9.17, 15) is 17.6 Å². The van der Waals surface area contributed by atoms with E-state index < -0.39 is 16.0 Å². The third-order valence-corrected chi connectivity index (χ3v) is 6.41. The molecule has 1 heterocycles. The Kier molecular flexibility index (Phi) is 6.51. The van der Waals surface area contributed by atoms with Crippen LogP contribution in [-0.2, 0) is 26.1 Å². The molecule has 1 fully saturated rings. The van der Waals surface area contributed by atoms with Gasteiger partial charge in [0, 0.05) is 27.2 Å². The van der Waals surface area contributed by atoms with Crippen molar-refractivity contribution in [2.24, 2.45) is 0 Å². The van der Waals surface area contributed by atoms with Crippen molar-refractivity contribution in [1.82, 2.24) is 4.31 Å². The van der Waals surface area contributed by atoms with E-state index in [1.54, 1.807) is 6.07 Å². The Bertz CT molecular complexity index is 971. The molecule has 3 rings (SSSR count). The van der Waals surface area contributed by atoms with Crippen LogP contribution in [0.15, 0.2) is 47.4 Å². The molecule has 7 nitrogen and oxygen atoms in total. The zero-order valence-electron chi connectivity index (χ0n) is 16.3.